The quantitative estimate of drug-likeness (QED) is 0.0210. The normalized spacial score (nSPS) is 24.1. The molecule has 0 aromatic carbocycles. The Hall–Kier alpha value is -0.520. The van der Waals surface area contributed by atoms with Crippen LogP contribution >= 0.6 is 82.6 Å². The molecule has 6 unspecified atom stereocenters. The highest BCUT2D eigenvalue weighted by atomic mass is 33.1. The predicted molar refractivity (Wildman–Crippen MR) is 235 cm³/mol. The second kappa shape index (κ2) is 22.9. The summed E-state index contributed by atoms with van der Waals surface area (Å²) in [7, 11) is 1.92. The molecule has 0 bridgehead atoms. The molecule has 3 aliphatic rings. The average Bonchev–Trinajstić information content (AvgIpc) is 3.91. The van der Waals surface area contributed by atoms with Crippen LogP contribution in [0.1, 0.15) is 78.5 Å². The first-order chi connectivity index (χ1) is 26.8. The first kappa shape index (κ1) is 46.5. The summed E-state index contributed by atoms with van der Waals surface area (Å²) >= 11 is 4.47. The van der Waals surface area contributed by atoms with Crippen LogP contribution in [0.4, 0.5) is 10.6 Å². The summed E-state index contributed by atoms with van der Waals surface area (Å²) in [6.07, 6.45) is 5.93. The molecule has 0 radical (unpaired) electrons. The number of ether oxygens (including phenoxy) is 1. The summed E-state index contributed by atoms with van der Waals surface area (Å²) in [6.45, 7) is 11.4. The van der Waals surface area contributed by atoms with Crippen LogP contribution in [0, 0.1) is 11.8 Å². The molecule has 2 aromatic heterocycles. The van der Waals surface area contributed by atoms with Gasteiger partial charge in [-0.3, -0.25) is 21.8 Å². The van der Waals surface area contributed by atoms with Crippen molar-refractivity contribution in [1.82, 2.24) is 30.5 Å². The minimum absolute atomic E-state index is 0.00284. The maximum absolute atomic E-state index is 12.5. The monoisotopic (exact) mass is 929 g/mol. The van der Waals surface area contributed by atoms with Gasteiger partial charge in [0.05, 0.1) is 51.8 Å². The number of anilines is 1. The number of nitrogens with one attached hydrogen (secondary N) is 3. The van der Waals surface area contributed by atoms with Gasteiger partial charge in [0.15, 0.2) is 27.1 Å². The highest BCUT2D eigenvalue weighted by molar-refractivity contribution is 8.75. The molecule has 16 nitrogen and oxygen atoms in total. The number of hydrogen-bond donors (Lipinski definition) is 5. The first-order valence-electron chi connectivity index (χ1n) is 17.8. The molecule has 3 aliphatic heterocycles. The minimum Gasteiger partial charge on any atom is -0.383 e. The molecule has 56 heavy (non-hydrogen) atoms. The van der Waals surface area contributed by atoms with Crippen molar-refractivity contribution in [2.45, 2.75) is 112 Å². The predicted octanol–water partition coefficient (Wildman–Crippen LogP) is 6.63. The average molecular weight is 930 g/mol. The molecule has 0 aliphatic carbocycles. The summed E-state index contributed by atoms with van der Waals surface area (Å²) < 4.78 is 35.9. The van der Waals surface area contributed by atoms with Gasteiger partial charge in [0.1, 0.15) is 42.8 Å². The zero-order valence-corrected chi connectivity index (χ0v) is 38.7. The van der Waals surface area contributed by atoms with E-state index < -0.39 is 21.4 Å². The van der Waals surface area contributed by atoms with Gasteiger partial charge in [0, 0.05) is 46.1 Å². The van der Waals surface area contributed by atoms with Crippen LogP contribution in [0.15, 0.2) is 12.5 Å². The fourth-order valence-corrected chi connectivity index (χ4v) is 11.8. The Balaban J connectivity index is 1.07. The van der Waals surface area contributed by atoms with Crippen molar-refractivity contribution in [1.29, 1.82) is 0 Å². The van der Waals surface area contributed by atoms with Crippen LogP contribution in [-0.4, -0.2) is 95.9 Å². The second-order valence-electron chi connectivity index (χ2n) is 14.6. The van der Waals surface area contributed by atoms with Crippen LogP contribution in [0.2, 0.25) is 0 Å². The Labute approximate surface area is 353 Å². The van der Waals surface area contributed by atoms with Gasteiger partial charge in [-0.15, -0.1) is 0 Å². The Kier molecular flexibility index (Phi) is 19.0. The Morgan fingerprint density at radius 1 is 1.18 bits per heavy atom. The number of carbonyl (C=O) groups excluding carboxylic acids is 2. The number of hydrogen-bond acceptors (Lipinski definition) is 17. The molecule has 3 amide bonds. The van der Waals surface area contributed by atoms with E-state index in [0.29, 0.717) is 47.1 Å². The zero-order chi connectivity index (χ0) is 40.1. The van der Waals surface area contributed by atoms with Crippen LogP contribution in [-0.2, 0) is 31.0 Å². The van der Waals surface area contributed by atoms with Gasteiger partial charge >= 0.3 is 6.03 Å². The maximum Gasteiger partial charge on any atom is 0.315 e. The third-order valence-electron chi connectivity index (χ3n) is 8.51. The van der Waals surface area contributed by atoms with Gasteiger partial charge in [-0.1, -0.05) is 60.6 Å². The van der Waals surface area contributed by atoms with Gasteiger partial charge in [0.2, 0.25) is 5.91 Å². The summed E-state index contributed by atoms with van der Waals surface area (Å²) in [5.41, 5.74) is 7.57. The van der Waals surface area contributed by atoms with Crippen LogP contribution in [0.3, 0.4) is 0 Å². The third kappa shape index (κ3) is 14.6. The highest BCUT2D eigenvalue weighted by Gasteiger charge is 2.43. The third-order valence-corrected chi connectivity index (χ3v) is 17.2. The molecular weight excluding hydrogens is 880 g/mol. The summed E-state index contributed by atoms with van der Waals surface area (Å²) in [5.74, 6) is 7.54. The smallest absolute Gasteiger partial charge is 0.315 e. The summed E-state index contributed by atoms with van der Waals surface area (Å²) in [6, 6.07) is 0.347. The largest absolute Gasteiger partial charge is 0.383 e. The Bertz CT molecular complexity index is 1670. The lowest BCUT2D eigenvalue weighted by Crippen LogP contribution is -2.37. The van der Waals surface area contributed by atoms with Crippen molar-refractivity contribution in [3.05, 3.63) is 18.1 Å². The molecule has 9 atom stereocenters. The Morgan fingerprint density at radius 2 is 2.02 bits per heavy atom. The van der Waals surface area contributed by atoms with E-state index in [0.717, 1.165) is 25.0 Å². The van der Waals surface area contributed by atoms with Crippen molar-refractivity contribution in [2.75, 3.05) is 31.2 Å². The molecule has 3 saturated heterocycles. The minimum atomic E-state index is -0.639. The lowest BCUT2D eigenvalue weighted by atomic mass is 10.0. The highest BCUT2D eigenvalue weighted by Crippen LogP contribution is 2.43. The molecule has 6 N–H and O–H groups in total. The van der Waals surface area contributed by atoms with E-state index in [1.165, 1.54) is 39.3 Å². The lowest BCUT2D eigenvalue weighted by Gasteiger charge is -2.22. The van der Waals surface area contributed by atoms with Gasteiger partial charge < -0.3 is 40.4 Å². The molecule has 3 fully saturated rings. The number of rotatable bonds is 22. The van der Waals surface area contributed by atoms with Crippen molar-refractivity contribution in [2.24, 2.45) is 0 Å². The van der Waals surface area contributed by atoms with Gasteiger partial charge in [-0.05, 0) is 26.7 Å². The number of carbonyl (C=O) groups is 2. The van der Waals surface area contributed by atoms with Crippen molar-refractivity contribution in [3.8, 4) is 11.8 Å². The Morgan fingerprint density at radius 3 is 2.82 bits per heavy atom. The number of unbranched alkanes of at least 4 members (excludes halogenated alkanes) is 1. The van der Waals surface area contributed by atoms with Crippen molar-refractivity contribution >= 4 is 111 Å². The standard InChI is InChI=1S/C32H50N7O9P3S5/c1-31(2,3)53-56-46-21-13-25(45-22(21)15-43-50-48-51-47-49-42)39-14-19(26-28(33)35-18-36-29(26)39)9-8-12-44-55-54-32(4,5)17-34-24(40)11-7-6-10-23-27-20(16-52-23)37-30(41)38-27/h14,18,20-23,25,27,42,49-51H,6-7,10-13,15-17H2,1-5H3,(H,34,40)(H2,33,35,36)(H2,37,38,41)/t20?,21-,22-,23?,25-,27?/m1/s1. The van der Waals surface area contributed by atoms with Crippen LogP contribution in [0.25, 0.3) is 11.0 Å². The maximum atomic E-state index is 12.5. The van der Waals surface area contributed by atoms with Gasteiger partial charge in [0.25, 0.3) is 0 Å². The summed E-state index contributed by atoms with van der Waals surface area (Å²) in [5, 5.41) is 10.1. The number of nitrogens with zero attached hydrogens (tertiary/aromatic N) is 3. The van der Waals surface area contributed by atoms with Crippen molar-refractivity contribution in [3.63, 3.8) is 0 Å². The molecule has 5 rings (SSSR count). The van der Waals surface area contributed by atoms with E-state index in [1.807, 2.05) is 22.5 Å². The molecule has 0 spiro atoms. The summed E-state index contributed by atoms with van der Waals surface area (Å²) in [4.78, 5) is 41.7. The number of nitrogen functional groups attached to an aromatic ring is 1. The van der Waals surface area contributed by atoms with E-state index in [-0.39, 0.29) is 70.9 Å². The van der Waals surface area contributed by atoms with Crippen molar-refractivity contribution < 1.29 is 40.7 Å². The van der Waals surface area contributed by atoms with Crippen LogP contribution in [0.5, 0.6) is 0 Å². The van der Waals surface area contributed by atoms with E-state index in [1.54, 1.807) is 10.8 Å². The number of nitrogens with two attached hydrogens (primary N) is 1. The molecule has 24 heteroatoms. The number of amides is 3. The first-order valence-corrected chi connectivity index (χ1v) is 25.5. The molecular formula is C32H50N7O9P3S5. The van der Waals surface area contributed by atoms with Gasteiger partial charge in [-0.2, -0.15) is 11.8 Å². The fourth-order valence-electron chi connectivity index (χ4n) is 5.92. The number of aromatic nitrogens is 3. The van der Waals surface area contributed by atoms with E-state index in [9.17, 15) is 9.59 Å². The number of fused-ring (bicyclic) bond motifs is 2. The SMILES string of the molecule is CC(C)(C)SSO[C@@H]1C[C@H](n2cc(C#CCOSSC(C)(C)CNC(=O)CCCCC3SCC4NC(=O)NC43)c3c(N)ncnc32)O[C@@H]1COPOPOPO. The second-order valence-corrected chi connectivity index (χ2v) is 23.5. The fraction of sp³-hybridized carbons (Fsp3) is 0.688. The zero-order valence-electron chi connectivity index (χ0n) is 31.7. The number of thioether (sulfide) groups is 1. The molecule has 312 valence electrons. The van der Waals surface area contributed by atoms with E-state index in [2.05, 4.69) is 72.4 Å². The van der Waals surface area contributed by atoms with E-state index >= 15 is 0 Å². The van der Waals surface area contributed by atoms with Gasteiger partial charge in [-0.25, -0.2) is 14.8 Å². The molecule has 0 saturated carbocycles. The molecule has 5 heterocycles. The topological polar surface area (TPSA) is 203 Å². The van der Waals surface area contributed by atoms with E-state index in [4.69, 9.17) is 36.9 Å². The lowest BCUT2D eigenvalue weighted by molar-refractivity contribution is -0.121. The number of urea groups is 1. The molecule has 2 aromatic rings. The van der Waals surface area contributed by atoms with Crippen LogP contribution < -0.4 is 21.7 Å².